The predicted molar refractivity (Wildman–Crippen MR) is 57.2 cm³/mol. The maximum absolute atomic E-state index is 8.50. The van der Waals surface area contributed by atoms with Crippen LogP contribution in [0.5, 0.6) is 11.5 Å². The maximum Gasteiger partial charge on any atom is 0.127 e. The van der Waals surface area contributed by atoms with Crippen LogP contribution in [0.25, 0.3) is 0 Å². The van der Waals surface area contributed by atoms with Gasteiger partial charge in [-0.1, -0.05) is 18.2 Å². The van der Waals surface area contributed by atoms with Gasteiger partial charge in [-0.05, 0) is 41.9 Å². The highest BCUT2D eigenvalue weighted by Gasteiger charge is 1.96. The van der Waals surface area contributed by atoms with Crippen molar-refractivity contribution in [3.8, 4) is 11.5 Å². The van der Waals surface area contributed by atoms with E-state index in [1.165, 1.54) is 0 Å². The Balaban J connectivity index is 2.15. The maximum atomic E-state index is 8.50. The summed E-state index contributed by atoms with van der Waals surface area (Å²) >= 11 is 0. The van der Waals surface area contributed by atoms with Gasteiger partial charge in [0.05, 0.1) is 5.69 Å². The molecular weight excluding hydrogens is 188 g/mol. The van der Waals surface area contributed by atoms with Crippen LogP contribution < -0.4 is 10.3 Å². The van der Waals surface area contributed by atoms with Crippen LogP contribution >= 0.6 is 0 Å². The lowest BCUT2D eigenvalue weighted by molar-refractivity contribution is 0.483. The van der Waals surface area contributed by atoms with E-state index in [0.717, 1.165) is 5.75 Å². The summed E-state index contributed by atoms with van der Waals surface area (Å²) in [5, 5.41) is 3.06. The summed E-state index contributed by atoms with van der Waals surface area (Å²) in [5.74, 6) is 1.50. The van der Waals surface area contributed by atoms with E-state index in [1.54, 1.807) is 24.3 Å². The Bertz CT molecular complexity index is 437. The fourth-order valence-corrected chi connectivity index (χ4v) is 1.21. The van der Waals surface area contributed by atoms with E-state index in [1.807, 2.05) is 30.3 Å². The smallest absolute Gasteiger partial charge is 0.127 e. The summed E-state index contributed by atoms with van der Waals surface area (Å²) in [5.41, 5.74) is 9.01. The molecule has 15 heavy (non-hydrogen) atoms. The normalized spacial score (nSPS) is 9.60. The summed E-state index contributed by atoms with van der Waals surface area (Å²) in [7, 11) is 0. The molecule has 2 aromatic rings. The molecule has 0 bridgehead atoms. The number of rotatable bonds is 3. The van der Waals surface area contributed by atoms with E-state index in [0.29, 0.717) is 11.4 Å². The SMILES string of the molecule is [N]=Nc1ccc(Oc2ccccc2)cc1. The van der Waals surface area contributed by atoms with Gasteiger partial charge in [0.1, 0.15) is 11.5 Å². The summed E-state index contributed by atoms with van der Waals surface area (Å²) in [6.45, 7) is 0. The summed E-state index contributed by atoms with van der Waals surface area (Å²) in [4.78, 5) is 0. The van der Waals surface area contributed by atoms with E-state index >= 15 is 0 Å². The van der Waals surface area contributed by atoms with Crippen LogP contribution in [0.2, 0.25) is 0 Å². The molecule has 2 aromatic carbocycles. The Labute approximate surface area is 87.8 Å². The lowest BCUT2D eigenvalue weighted by atomic mass is 10.3. The second kappa shape index (κ2) is 4.37. The van der Waals surface area contributed by atoms with Crippen molar-refractivity contribution in [3.63, 3.8) is 0 Å². The van der Waals surface area contributed by atoms with E-state index in [-0.39, 0.29) is 0 Å². The third-order valence-electron chi connectivity index (χ3n) is 1.93. The highest BCUT2D eigenvalue weighted by Crippen LogP contribution is 2.23. The summed E-state index contributed by atoms with van der Waals surface area (Å²) < 4.78 is 5.55. The monoisotopic (exact) mass is 197 g/mol. The highest BCUT2D eigenvalue weighted by atomic mass is 16.5. The van der Waals surface area contributed by atoms with Crippen molar-refractivity contribution in [3.05, 3.63) is 54.6 Å². The lowest BCUT2D eigenvalue weighted by Crippen LogP contribution is -1.82. The third-order valence-corrected chi connectivity index (χ3v) is 1.93. The standard InChI is InChI=1S/C12H9N2O/c13-14-10-6-8-12(9-7-10)15-11-4-2-1-3-5-11/h1-9H. The van der Waals surface area contributed by atoms with Crippen molar-refractivity contribution in [2.24, 2.45) is 5.11 Å². The van der Waals surface area contributed by atoms with Crippen LogP contribution in [0.15, 0.2) is 59.7 Å². The quantitative estimate of drug-likeness (QED) is 0.695. The average molecular weight is 197 g/mol. The minimum Gasteiger partial charge on any atom is -0.457 e. The molecule has 0 aliphatic rings. The zero-order valence-electron chi connectivity index (χ0n) is 8.00. The zero-order chi connectivity index (χ0) is 10.5. The molecule has 3 nitrogen and oxygen atoms in total. The molecule has 0 saturated carbocycles. The first-order valence-corrected chi connectivity index (χ1v) is 4.56. The third kappa shape index (κ3) is 2.40. The van der Waals surface area contributed by atoms with Crippen LogP contribution in [-0.4, -0.2) is 0 Å². The average Bonchev–Trinajstić information content (AvgIpc) is 2.31. The van der Waals surface area contributed by atoms with Crippen molar-refractivity contribution < 1.29 is 4.74 Å². The molecule has 0 saturated heterocycles. The minimum atomic E-state index is 0.510. The Hall–Kier alpha value is -2.16. The van der Waals surface area contributed by atoms with Gasteiger partial charge in [-0.2, -0.15) is 0 Å². The molecule has 1 radical (unpaired) electrons. The van der Waals surface area contributed by atoms with Crippen LogP contribution in [0, 0.1) is 0 Å². The Morgan fingerprint density at radius 2 is 1.40 bits per heavy atom. The molecule has 0 heterocycles. The van der Waals surface area contributed by atoms with Gasteiger partial charge < -0.3 is 4.74 Å². The number of benzene rings is 2. The number of hydrogen-bond donors (Lipinski definition) is 0. The van der Waals surface area contributed by atoms with Gasteiger partial charge in [-0.25, -0.2) is 0 Å². The Kier molecular flexibility index (Phi) is 2.74. The predicted octanol–water partition coefficient (Wildman–Crippen LogP) is 3.36. The van der Waals surface area contributed by atoms with Crippen molar-refractivity contribution in [2.45, 2.75) is 0 Å². The molecule has 2 rings (SSSR count). The molecule has 0 aliphatic carbocycles. The van der Waals surface area contributed by atoms with Crippen LogP contribution in [-0.2, 0) is 0 Å². The first kappa shape index (κ1) is 9.40. The fraction of sp³-hybridized carbons (Fsp3) is 0. The number of ether oxygens (including phenoxy) is 1. The van der Waals surface area contributed by atoms with Gasteiger partial charge in [0, 0.05) is 0 Å². The van der Waals surface area contributed by atoms with E-state index in [4.69, 9.17) is 10.3 Å². The second-order valence-corrected chi connectivity index (χ2v) is 3.01. The zero-order valence-corrected chi connectivity index (χ0v) is 8.00. The summed E-state index contributed by atoms with van der Waals surface area (Å²) in [6, 6.07) is 16.4. The molecule has 0 amide bonds. The Morgan fingerprint density at radius 1 is 0.800 bits per heavy atom. The van der Waals surface area contributed by atoms with Gasteiger partial charge in [-0.15, -0.1) is 5.11 Å². The van der Waals surface area contributed by atoms with Gasteiger partial charge in [0.15, 0.2) is 0 Å². The molecule has 3 heteroatoms. The molecule has 0 fully saturated rings. The van der Waals surface area contributed by atoms with E-state index in [2.05, 4.69) is 5.11 Å². The van der Waals surface area contributed by atoms with Gasteiger partial charge in [0.25, 0.3) is 0 Å². The lowest BCUT2D eigenvalue weighted by Gasteiger charge is -2.04. The molecule has 0 aromatic heterocycles. The van der Waals surface area contributed by atoms with Gasteiger partial charge in [-0.3, -0.25) is 0 Å². The first-order chi connectivity index (χ1) is 7.38. The van der Waals surface area contributed by atoms with Gasteiger partial charge >= 0.3 is 0 Å². The number of hydrogen-bond acceptors (Lipinski definition) is 2. The molecule has 0 atom stereocenters. The van der Waals surface area contributed by atoms with E-state index in [9.17, 15) is 0 Å². The minimum absolute atomic E-state index is 0.510. The van der Waals surface area contributed by atoms with Crippen molar-refractivity contribution in [1.82, 2.24) is 5.53 Å². The van der Waals surface area contributed by atoms with Crippen LogP contribution in [0.3, 0.4) is 0 Å². The first-order valence-electron chi connectivity index (χ1n) is 4.56. The highest BCUT2D eigenvalue weighted by molar-refractivity contribution is 5.41. The molecule has 0 spiro atoms. The molecule has 0 unspecified atom stereocenters. The molecule has 0 aliphatic heterocycles. The molecule has 73 valence electrons. The van der Waals surface area contributed by atoms with E-state index < -0.39 is 0 Å². The number of para-hydroxylation sites is 1. The number of nitrogens with zero attached hydrogens (tertiary/aromatic N) is 2. The molecule has 0 N–H and O–H groups in total. The fourth-order valence-electron chi connectivity index (χ4n) is 1.21. The van der Waals surface area contributed by atoms with Gasteiger partial charge in [0.2, 0.25) is 0 Å². The summed E-state index contributed by atoms with van der Waals surface area (Å²) in [6.07, 6.45) is 0. The van der Waals surface area contributed by atoms with Crippen LogP contribution in [0.4, 0.5) is 5.69 Å². The topological polar surface area (TPSA) is 43.9 Å². The Morgan fingerprint density at radius 3 is 2.00 bits per heavy atom. The van der Waals surface area contributed by atoms with Crippen molar-refractivity contribution in [2.75, 3.05) is 0 Å². The van der Waals surface area contributed by atoms with Crippen LogP contribution in [0.1, 0.15) is 0 Å². The molecular formula is C12H9N2O. The second-order valence-electron chi connectivity index (χ2n) is 3.01. The van der Waals surface area contributed by atoms with Crippen molar-refractivity contribution >= 4 is 5.69 Å². The van der Waals surface area contributed by atoms with Crippen molar-refractivity contribution in [1.29, 1.82) is 0 Å². The largest absolute Gasteiger partial charge is 0.457 e.